The maximum Gasteiger partial charge on any atom is 0.147 e. The third-order valence-electron chi connectivity index (χ3n) is 11.3. The number of aliphatic hydroxyl groups excluding tert-OH is 1. The van der Waals surface area contributed by atoms with Gasteiger partial charge in [0.15, 0.2) is 0 Å². The van der Waals surface area contributed by atoms with E-state index in [1.165, 1.54) is 83.5 Å². The van der Waals surface area contributed by atoms with Crippen molar-refractivity contribution in [2.24, 2.45) is 57.8 Å². The number of aldehydes is 1. The van der Waals surface area contributed by atoms with Crippen LogP contribution >= 0.6 is 0 Å². The second-order valence-corrected chi connectivity index (χ2v) is 13.5. The van der Waals surface area contributed by atoms with Gasteiger partial charge in [-0.05, 0) is 105 Å². The van der Waals surface area contributed by atoms with Crippen molar-refractivity contribution in [1.29, 1.82) is 0 Å². The van der Waals surface area contributed by atoms with Gasteiger partial charge >= 0.3 is 0 Å². The van der Waals surface area contributed by atoms with Gasteiger partial charge in [0.05, 0.1) is 12.7 Å². The lowest BCUT2D eigenvalue weighted by atomic mass is 9.42. The fraction of sp³-hybridized carbons (Fsp3) is 0.903. The number of methoxy groups -OCH3 is 1. The molecule has 0 radical (unpaired) electrons. The average molecular weight is 522 g/mol. The van der Waals surface area contributed by atoms with E-state index in [0.29, 0.717) is 23.2 Å². The standard InChI is InChI=1S/C27H49NO.C4H6O2.H4N2/c1-19(2)8-6-7-9-20-10-11-23-25(20,3)16-14-24-26(4)15-13-22(29-5)18-21(26)12-17-27(23,24)28;1-4(2-5)3-6;1-2/h19-24H,6-18,28H2,1-5H3;2,6H,1,3H2;1-2H2. The third kappa shape index (κ3) is 6.87. The SMILES string of the molecule is C=C(C=O)CO.COC1CCC2(C)C(CCC3(N)C4CCC(CCCCC(C)C)C4(C)CCC23)C1.NN. The molecule has 0 heterocycles. The quantitative estimate of drug-likeness (QED) is 0.110. The summed E-state index contributed by atoms with van der Waals surface area (Å²) in [5.41, 5.74) is 8.81. The summed E-state index contributed by atoms with van der Waals surface area (Å²) in [6.45, 7) is 12.9. The van der Waals surface area contributed by atoms with E-state index in [0.717, 1.165) is 29.6 Å². The highest BCUT2D eigenvalue weighted by atomic mass is 16.5. The van der Waals surface area contributed by atoms with Crippen molar-refractivity contribution in [3.05, 3.63) is 12.2 Å². The largest absolute Gasteiger partial charge is 0.392 e. The van der Waals surface area contributed by atoms with Crippen molar-refractivity contribution in [2.75, 3.05) is 13.7 Å². The normalized spacial score (nSPS) is 40.2. The number of carbonyl (C=O) groups excluding carboxylic acids is 1. The van der Waals surface area contributed by atoms with Gasteiger partial charge < -0.3 is 15.6 Å². The van der Waals surface area contributed by atoms with Gasteiger partial charge in [0.25, 0.3) is 0 Å². The molecule has 4 rings (SSSR count). The van der Waals surface area contributed by atoms with Crippen molar-refractivity contribution < 1.29 is 14.6 Å². The van der Waals surface area contributed by atoms with E-state index in [1.807, 2.05) is 7.11 Å². The van der Waals surface area contributed by atoms with Crippen LogP contribution in [0, 0.1) is 40.4 Å². The van der Waals surface area contributed by atoms with Crippen molar-refractivity contribution in [3.8, 4) is 0 Å². The summed E-state index contributed by atoms with van der Waals surface area (Å²) < 4.78 is 5.78. The van der Waals surface area contributed by atoms with Crippen LogP contribution in [-0.4, -0.2) is 36.8 Å². The molecule has 37 heavy (non-hydrogen) atoms. The topological polar surface area (TPSA) is 125 Å². The lowest BCUT2D eigenvalue weighted by molar-refractivity contribution is -0.142. The van der Waals surface area contributed by atoms with Crippen LogP contribution in [0.1, 0.15) is 111 Å². The van der Waals surface area contributed by atoms with Crippen LogP contribution in [0.3, 0.4) is 0 Å². The highest BCUT2D eigenvalue weighted by Crippen LogP contribution is 2.68. The van der Waals surface area contributed by atoms with Gasteiger partial charge in [-0.3, -0.25) is 16.5 Å². The van der Waals surface area contributed by atoms with Gasteiger partial charge in [-0.1, -0.05) is 53.5 Å². The Labute approximate surface area is 227 Å². The van der Waals surface area contributed by atoms with E-state index < -0.39 is 0 Å². The number of hydrogen-bond acceptors (Lipinski definition) is 6. The van der Waals surface area contributed by atoms with Crippen LogP contribution in [0.25, 0.3) is 0 Å². The van der Waals surface area contributed by atoms with Gasteiger partial charge in [0.2, 0.25) is 0 Å². The van der Waals surface area contributed by atoms with E-state index in [9.17, 15) is 4.79 Å². The van der Waals surface area contributed by atoms with Crippen molar-refractivity contribution >= 4 is 6.29 Å². The molecule has 6 heteroatoms. The number of rotatable bonds is 8. The number of nitrogens with two attached hydrogens (primary N) is 3. The fourth-order valence-corrected chi connectivity index (χ4v) is 9.21. The molecule has 216 valence electrons. The van der Waals surface area contributed by atoms with E-state index in [2.05, 4.69) is 46.0 Å². The molecule has 0 spiro atoms. The molecule has 6 nitrogen and oxygen atoms in total. The predicted molar refractivity (Wildman–Crippen MR) is 153 cm³/mol. The molecule has 4 saturated carbocycles. The van der Waals surface area contributed by atoms with Crippen molar-refractivity contribution in [2.45, 2.75) is 123 Å². The maximum absolute atomic E-state index is 9.48. The molecule has 0 aromatic rings. The number of hydrogen-bond donors (Lipinski definition) is 4. The van der Waals surface area contributed by atoms with Crippen LogP contribution < -0.4 is 17.4 Å². The summed E-state index contributed by atoms with van der Waals surface area (Å²) in [5.74, 6) is 12.1. The lowest BCUT2D eigenvalue weighted by Crippen LogP contribution is -2.68. The molecule has 8 atom stereocenters. The minimum Gasteiger partial charge on any atom is -0.392 e. The summed E-state index contributed by atoms with van der Waals surface area (Å²) in [5, 5.41) is 8.00. The Kier molecular flexibility index (Phi) is 12.3. The number of unbranched alkanes of at least 4 members (excludes halogenated alkanes) is 1. The number of hydrazine groups is 1. The number of aliphatic hydroxyl groups is 1. The first-order valence-electron chi connectivity index (χ1n) is 14.9. The summed E-state index contributed by atoms with van der Waals surface area (Å²) in [4.78, 5) is 9.48. The van der Waals surface area contributed by atoms with Gasteiger partial charge in [-0.15, -0.1) is 0 Å². The highest BCUT2D eigenvalue weighted by molar-refractivity contribution is 5.72. The monoisotopic (exact) mass is 521 g/mol. The smallest absolute Gasteiger partial charge is 0.147 e. The molecule has 4 aliphatic rings. The third-order valence-corrected chi connectivity index (χ3v) is 11.3. The summed E-state index contributed by atoms with van der Waals surface area (Å²) in [7, 11) is 1.91. The summed E-state index contributed by atoms with van der Waals surface area (Å²) >= 11 is 0. The van der Waals surface area contributed by atoms with Crippen molar-refractivity contribution in [1.82, 2.24) is 0 Å². The Bertz CT molecular complexity index is 730. The zero-order valence-corrected chi connectivity index (χ0v) is 24.6. The summed E-state index contributed by atoms with van der Waals surface area (Å²) in [6, 6.07) is 0. The predicted octanol–water partition coefficient (Wildman–Crippen LogP) is 5.51. The molecule has 7 N–H and O–H groups in total. The number of ether oxygens (including phenoxy) is 1. The van der Waals surface area contributed by atoms with E-state index in [4.69, 9.17) is 15.6 Å². The van der Waals surface area contributed by atoms with Gasteiger partial charge in [-0.25, -0.2) is 0 Å². The molecular weight excluding hydrogens is 462 g/mol. The lowest BCUT2D eigenvalue weighted by Gasteiger charge is -2.65. The van der Waals surface area contributed by atoms with Crippen LogP contribution in [0.5, 0.6) is 0 Å². The van der Waals surface area contributed by atoms with Gasteiger partial charge in [0.1, 0.15) is 6.29 Å². The fourth-order valence-electron chi connectivity index (χ4n) is 9.21. The number of fused-ring (bicyclic) bond motifs is 5. The van der Waals surface area contributed by atoms with Gasteiger partial charge in [0, 0.05) is 18.2 Å². The second kappa shape index (κ2) is 14.0. The zero-order valence-electron chi connectivity index (χ0n) is 24.6. The number of carbonyl (C=O) groups is 1. The molecular formula is C31H59N3O3. The first-order valence-corrected chi connectivity index (χ1v) is 14.9. The Morgan fingerprint density at radius 1 is 1.03 bits per heavy atom. The molecule has 8 unspecified atom stereocenters. The minimum atomic E-state index is -0.233. The molecule has 4 aliphatic carbocycles. The molecule has 0 amide bonds. The van der Waals surface area contributed by atoms with Crippen LogP contribution in [0.15, 0.2) is 12.2 Å². The van der Waals surface area contributed by atoms with Crippen molar-refractivity contribution in [3.63, 3.8) is 0 Å². The Hall–Kier alpha value is -0.790. The van der Waals surface area contributed by atoms with E-state index >= 15 is 0 Å². The van der Waals surface area contributed by atoms with Crippen LogP contribution in [-0.2, 0) is 9.53 Å². The van der Waals surface area contributed by atoms with Crippen LogP contribution in [0.4, 0.5) is 0 Å². The highest BCUT2D eigenvalue weighted by Gasteiger charge is 2.65. The minimum absolute atomic E-state index is 0.102. The first-order chi connectivity index (χ1) is 17.5. The molecule has 0 aromatic heterocycles. The molecule has 0 aromatic carbocycles. The van der Waals surface area contributed by atoms with Crippen LogP contribution in [0.2, 0.25) is 0 Å². The Morgan fingerprint density at radius 3 is 2.24 bits per heavy atom. The Balaban J connectivity index is 0.000000531. The first kappa shape index (κ1) is 32.4. The van der Waals surface area contributed by atoms with Gasteiger partial charge in [-0.2, -0.15) is 0 Å². The molecule has 0 bridgehead atoms. The molecule has 0 saturated heterocycles. The average Bonchev–Trinajstić information content (AvgIpc) is 3.24. The maximum atomic E-state index is 9.48. The van der Waals surface area contributed by atoms with E-state index in [-0.39, 0.29) is 17.7 Å². The molecule has 4 fully saturated rings. The Morgan fingerprint density at radius 2 is 1.68 bits per heavy atom. The zero-order chi connectivity index (χ0) is 27.9. The van der Waals surface area contributed by atoms with E-state index in [1.54, 1.807) is 0 Å². The summed E-state index contributed by atoms with van der Waals surface area (Å²) in [6.07, 6.45) is 18.9. The molecule has 0 aliphatic heterocycles. The second-order valence-electron chi connectivity index (χ2n) is 13.5.